The van der Waals surface area contributed by atoms with Crippen molar-refractivity contribution < 1.29 is 0 Å². The molecule has 0 saturated carbocycles. The molecular weight excluding hydrogens is 242 g/mol. The van der Waals surface area contributed by atoms with Crippen molar-refractivity contribution in [2.75, 3.05) is 5.32 Å². The number of rotatable bonds is 4. The highest BCUT2D eigenvalue weighted by Gasteiger charge is 1.97. The van der Waals surface area contributed by atoms with Crippen LogP contribution in [-0.2, 0) is 6.42 Å². The van der Waals surface area contributed by atoms with Crippen molar-refractivity contribution in [3.05, 3.63) is 96.1 Å². The van der Waals surface area contributed by atoms with Gasteiger partial charge in [0, 0.05) is 11.4 Å². The Morgan fingerprint density at radius 3 is 1.65 bits per heavy atom. The minimum absolute atomic E-state index is 0.979. The highest BCUT2D eigenvalue weighted by atomic mass is 14.9. The van der Waals surface area contributed by atoms with Gasteiger partial charge in [-0.1, -0.05) is 60.7 Å². The number of para-hydroxylation sites is 1. The van der Waals surface area contributed by atoms with Gasteiger partial charge < -0.3 is 5.32 Å². The number of nitrogens with one attached hydrogen (secondary N) is 1. The lowest BCUT2D eigenvalue weighted by Crippen LogP contribution is -1.91. The average Bonchev–Trinajstić information content (AvgIpc) is 2.51. The normalized spacial score (nSPS) is 10.2. The van der Waals surface area contributed by atoms with Gasteiger partial charge in [0.2, 0.25) is 0 Å². The van der Waals surface area contributed by atoms with E-state index in [2.05, 4.69) is 72.0 Å². The largest absolute Gasteiger partial charge is 0.356 e. The Kier molecular flexibility index (Phi) is 3.79. The van der Waals surface area contributed by atoms with Gasteiger partial charge in [-0.2, -0.15) is 0 Å². The second kappa shape index (κ2) is 6.07. The van der Waals surface area contributed by atoms with Crippen LogP contribution in [0, 0.1) is 0 Å². The molecule has 20 heavy (non-hydrogen) atoms. The van der Waals surface area contributed by atoms with E-state index in [1.165, 1.54) is 11.1 Å². The third kappa shape index (κ3) is 3.27. The molecule has 0 fully saturated rings. The van der Waals surface area contributed by atoms with Crippen LogP contribution in [-0.4, -0.2) is 0 Å². The fourth-order valence-corrected chi connectivity index (χ4v) is 2.23. The minimum atomic E-state index is 0.979. The summed E-state index contributed by atoms with van der Waals surface area (Å²) in [6.07, 6.45) is 0.979. The maximum absolute atomic E-state index is 3.39. The van der Waals surface area contributed by atoms with E-state index in [4.69, 9.17) is 0 Å². The van der Waals surface area contributed by atoms with Crippen molar-refractivity contribution in [2.45, 2.75) is 6.42 Å². The van der Waals surface area contributed by atoms with E-state index in [-0.39, 0.29) is 0 Å². The van der Waals surface area contributed by atoms with Gasteiger partial charge >= 0.3 is 0 Å². The molecule has 0 aliphatic carbocycles. The van der Waals surface area contributed by atoms with Crippen molar-refractivity contribution in [2.24, 2.45) is 0 Å². The van der Waals surface area contributed by atoms with E-state index in [1.807, 2.05) is 18.2 Å². The lowest BCUT2D eigenvalue weighted by Gasteiger charge is -2.07. The van der Waals surface area contributed by atoms with E-state index in [9.17, 15) is 0 Å². The average molecular weight is 259 g/mol. The molecule has 0 atom stereocenters. The predicted octanol–water partition coefficient (Wildman–Crippen LogP) is 5.02. The smallest absolute Gasteiger partial charge is 0.0384 e. The second-order valence-corrected chi connectivity index (χ2v) is 4.85. The first-order valence-electron chi connectivity index (χ1n) is 6.85. The van der Waals surface area contributed by atoms with Crippen molar-refractivity contribution >= 4 is 11.4 Å². The number of hydrogen-bond acceptors (Lipinski definition) is 1. The van der Waals surface area contributed by atoms with Gasteiger partial charge in [0.25, 0.3) is 0 Å². The van der Waals surface area contributed by atoms with E-state index in [0.29, 0.717) is 0 Å². The standard InChI is InChI=1S/C19H17N/c1-3-7-16(8-4-1)15-17-11-13-19(14-12-17)20-18-9-5-2-6-10-18/h1-14,20H,15H2. The zero-order valence-electron chi connectivity index (χ0n) is 11.3. The highest BCUT2D eigenvalue weighted by molar-refractivity contribution is 5.59. The van der Waals surface area contributed by atoms with E-state index < -0.39 is 0 Å². The molecule has 0 heterocycles. The third-order valence-corrected chi connectivity index (χ3v) is 3.27. The summed E-state index contributed by atoms with van der Waals surface area (Å²) in [6, 6.07) is 29.4. The molecule has 1 N–H and O–H groups in total. The van der Waals surface area contributed by atoms with Crippen molar-refractivity contribution in [3.8, 4) is 0 Å². The van der Waals surface area contributed by atoms with Gasteiger partial charge in [-0.15, -0.1) is 0 Å². The summed E-state index contributed by atoms with van der Waals surface area (Å²) in [6.45, 7) is 0. The first-order valence-corrected chi connectivity index (χ1v) is 6.85. The summed E-state index contributed by atoms with van der Waals surface area (Å²) in [5, 5.41) is 3.39. The monoisotopic (exact) mass is 259 g/mol. The van der Waals surface area contributed by atoms with Crippen LogP contribution in [0.15, 0.2) is 84.9 Å². The first kappa shape index (κ1) is 12.5. The topological polar surface area (TPSA) is 12.0 Å². The molecule has 0 aromatic heterocycles. The maximum atomic E-state index is 3.39. The van der Waals surface area contributed by atoms with Gasteiger partial charge in [-0.05, 0) is 41.8 Å². The minimum Gasteiger partial charge on any atom is -0.356 e. The fraction of sp³-hybridized carbons (Fsp3) is 0.0526. The third-order valence-electron chi connectivity index (χ3n) is 3.27. The molecule has 0 aliphatic heterocycles. The first-order chi connectivity index (χ1) is 9.90. The van der Waals surface area contributed by atoms with E-state index in [1.54, 1.807) is 0 Å². The van der Waals surface area contributed by atoms with Crippen molar-refractivity contribution in [1.82, 2.24) is 0 Å². The predicted molar refractivity (Wildman–Crippen MR) is 85.4 cm³/mol. The molecule has 1 heteroatoms. The molecule has 0 saturated heterocycles. The zero-order chi connectivity index (χ0) is 13.6. The van der Waals surface area contributed by atoms with Crippen LogP contribution in [0.4, 0.5) is 11.4 Å². The zero-order valence-corrected chi connectivity index (χ0v) is 11.3. The molecule has 0 unspecified atom stereocenters. The fourth-order valence-electron chi connectivity index (χ4n) is 2.23. The molecule has 0 bridgehead atoms. The van der Waals surface area contributed by atoms with Crippen LogP contribution in [0.2, 0.25) is 0 Å². The van der Waals surface area contributed by atoms with Gasteiger partial charge in [-0.3, -0.25) is 0 Å². The molecule has 0 amide bonds. The Labute approximate surface area is 119 Å². The van der Waals surface area contributed by atoms with Crippen LogP contribution in [0.5, 0.6) is 0 Å². The molecule has 3 aromatic rings. The quantitative estimate of drug-likeness (QED) is 0.693. The Morgan fingerprint density at radius 2 is 1.00 bits per heavy atom. The van der Waals surface area contributed by atoms with Crippen LogP contribution < -0.4 is 5.32 Å². The Balaban J connectivity index is 1.69. The Hall–Kier alpha value is -2.54. The van der Waals surface area contributed by atoms with Crippen molar-refractivity contribution in [1.29, 1.82) is 0 Å². The summed E-state index contributed by atoms with van der Waals surface area (Å²) >= 11 is 0. The Morgan fingerprint density at radius 1 is 0.500 bits per heavy atom. The van der Waals surface area contributed by atoms with Crippen LogP contribution in [0.25, 0.3) is 0 Å². The maximum Gasteiger partial charge on any atom is 0.0384 e. The lowest BCUT2D eigenvalue weighted by atomic mass is 10.0. The number of hydrogen-bond donors (Lipinski definition) is 1. The molecule has 0 aliphatic rings. The summed E-state index contributed by atoms with van der Waals surface area (Å²) in [5.74, 6) is 0. The van der Waals surface area contributed by atoms with Gasteiger partial charge in [0.1, 0.15) is 0 Å². The summed E-state index contributed by atoms with van der Waals surface area (Å²) in [7, 11) is 0. The SMILES string of the molecule is c1ccc(Cc2ccc(Nc3ccccc3)cc2)cc1. The Bertz CT molecular complexity index is 582. The molecule has 3 aromatic carbocycles. The van der Waals surface area contributed by atoms with Gasteiger partial charge in [0.15, 0.2) is 0 Å². The molecule has 0 radical (unpaired) electrons. The molecule has 3 rings (SSSR count). The van der Waals surface area contributed by atoms with Crippen molar-refractivity contribution in [3.63, 3.8) is 0 Å². The second-order valence-electron chi connectivity index (χ2n) is 4.85. The van der Waals surface area contributed by atoms with Crippen LogP contribution in [0.3, 0.4) is 0 Å². The lowest BCUT2D eigenvalue weighted by molar-refractivity contribution is 1.19. The van der Waals surface area contributed by atoms with E-state index >= 15 is 0 Å². The van der Waals surface area contributed by atoms with Crippen LogP contribution >= 0.6 is 0 Å². The molecule has 0 spiro atoms. The molecule has 1 nitrogen and oxygen atoms in total. The summed E-state index contributed by atoms with van der Waals surface area (Å²) in [4.78, 5) is 0. The molecular formula is C19H17N. The van der Waals surface area contributed by atoms with Gasteiger partial charge in [0.05, 0.1) is 0 Å². The summed E-state index contributed by atoms with van der Waals surface area (Å²) < 4.78 is 0. The van der Waals surface area contributed by atoms with Gasteiger partial charge in [-0.25, -0.2) is 0 Å². The number of benzene rings is 3. The molecule has 98 valence electrons. The van der Waals surface area contributed by atoms with E-state index in [0.717, 1.165) is 17.8 Å². The summed E-state index contributed by atoms with van der Waals surface area (Å²) in [5.41, 5.74) is 4.91. The highest BCUT2D eigenvalue weighted by Crippen LogP contribution is 2.18. The van der Waals surface area contributed by atoms with Crippen LogP contribution in [0.1, 0.15) is 11.1 Å². The number of anilines is 2.